The number of carbonyl (C=O) groups is 5. The van der Waals surface area contributed by atoms with Crippen LogP contribution in [0.25, 0.3) is 0 Å². The average molecular weight is 465 g/mol. The number of aliphatic hydroxyl groups is 1. The number of nitrogens with two attached hydrogens (primary N) is 1. The molecule has 0 aromatic carbocycles. The van der Waals surface area contributed by atoms with Gasteiger partial charge in [0.2, 0.25) is 17.7 Å². The van der Waals surface area contributed by atoms with Gasteiger partial charge in [-0.2, -0.15) is 11.8 Å². The highest BCUT2D eigenvalue weighted by atomic mass is 32.2. The highest BCUT2D eigenvalue weighted by Crippen LogP contribution is 2.07. The Morgan fingerprint density at radius 3 is 1.90 bits per heavy atom. The monoisotopic (exact) mass is 464 g/mol. The van der Waals surface area contributed by atoms with E-state index in [9.17, 15) is 29.1 Å². The van der Waals surface area contributed by atoms with Crippen molar-refractivity contribution in [3.8, 4) is 0 Å². The molecule has 31 heavy (non-hydrogen) atoms. The molecule has 178 valence electrons. The maximum atomic E-state index is 12.6. The first-order valence-electron chi connectivity index (χ1n) is 9.69. The van der Waals surface area contributed by atoms with Crippen molar-refractivity contribution in [1.82, 2.24) is 16.0 Å². The minimum Gasteiger partial charge on any atom is -0.481 e. The van der Waals surface area contributed by atoms with Gasteiger partial charge in [0.15, 0.2) is 0 Å². The standard InChI is InChI=1S/C18H32N4O8S/c1-4-9(2)14(19)17(28)20-10(5-6-31-3)15(26)22-12(8-23)16(27)21-11(18(29)30)7-13(24)25/h9-12,14,23H,4-8,19H2,1-3H3,(H,20,28)(H,21,27)(H,22,26)(H,24,25)(H,29,30). The Bertz CT molecular complexity index is 648. The number of hydrogen-bond acceptors (Lipinski definition) is 8. The van der Waals surface area contributed by atoms with Crippen LogP contribution in [-0.2, 0) is 24.0 Å². The van der Waals surface area contributed by atoms with Gasteiger partial charge in [-0.05, 0) is 24.3 Å². The number of aliphatic hydroxyl groups excluding tert-OH is 1. The average Bonchev–Trinajstić information content (AvgIpc) is 2.72. The number of amides is 3. The second-order valence-electron chi connectivity index (χ2n) is 6.99. The van der Waals surface area contributed by atoms with Crippen LogP contribution in [0.1, 0.15) is 33.1 Å². The molecule has 0 spiro atoms. The molecule has 0 aromatic rings. The largest absolute Gasteiger partial charge is 0.481 e. The molecule has 0 aromatic heterocycles. The minimum absolute atomic E-state index is 0.123. The number of rotatable bonds is 15. The summed E-state index contributed by atoms with van der Waals surface area (Å²) >= 11 is 1.43. The fourth-order valence-electron chi connectivity index (χ4n) is 2.40. The fraction of sp³-hybridized carbons (Fsp3) is 0.722. The van der Waals surface area contributed by atoms with Crippen molar-refractivity contribution in [2.24, 2.45) is 11.7 Å². The molecule has 8 N–H and O–H groups in total. The summed E-state index contributed by atoms with van der Waals surface area (Å²) < 4.78 is 0. The van der Waals surface area contributed by atoms with E-state index in [1.807, 2.05) is 12.2 Å². The van der Waals surface area contributed by atoms with Crippen molar-refractivity contribution in [2.75, 3.05) is 18.6 Å². The van der Waals surface area contributed by atoms with Crippen molar-refractivity contribution >= 4 is 41.4 Å². The predicted octanol–water partition coefficient (Wildman–Crippen LogP) is -1.88. The maximum absolute atomic E-state index is 12.6. The Labute approximate surface area is 184 Å². The van der Waals surface area contributed by atoms with Crippen LogP contribution >= 0.6 is 11.8 Å². The Balaban J connectivity index is 5.24. The molecule has 0 saturated heterocycles. The third kappa shape index (κ3) is 10.5. The summed E-state index contributed by atoms with van der Waals surface area (Å²) in [4.78, 5) is 59.1. The SMILES string of the molecule is CCC(C)C(N)C(=O)NC(CCSC)C(=O)NC(CO)C(=O)NC(CC(=O)O)C(=O)O. The van der Waals surface area contributed by atoms with Crippen LogP contribution in [0.15, 0.2) is 0 Å². The molecule has 0 rings (SSSR count). The molecule has 0 radical (unpaired) electrons. The molecular weight excluding hydrogens is 432 g/mol. The molecule has 0 heterocycles. The molecular formula is C18H32N4O8S. The van der Waals surface area contributed by atoms with Crippen LogP contribution in [0.4, 0.5) is 0 Å². The predicted molar refractivity (Wildman–Crippen MR) is 113 cm³/mol. The molecule has 0 bridgehead atoms. The molecule has 0 fully saturated rings. The van der Waals surface area contributed by atoms with Gasteiger partial charge in [-0.1, -0.05) is 20.3 Å². The molecule has 0 saturated carbocycles. The van der Waals surface area contributed by atoms with Crippen molar-refractivity contribution in [3.63, 3.8) is 0 Å². The van der Waals surface area contributed by atoms with E-state index in [0.29, 0.717) is 12.2 Å². The first kappa shape index (κ1) is 28.6. The van der Waals surface area contributed by atoms with E-state index in [1.54, 1.807) is 13.2 Å². The topological polar surface area (TPSA) is 208 Å². The number of nitrogens with one attached hydrogen (secondary N) is 3. The van der Waals surface area contributed by atoms with Crippen LogP contribution in [0.2, 0.25) is 0 Å². The van der Waals surface area contributed by atoms with E-state index in [4.69, 9.17) is 15.9 Å². The van der Waals surface area contributed by atoms with E-state index in [0.717, 1.165) is 0 Å². The normalized spacial score (nSPS) is 15.6. The van der Waals surface area contributed by atoms with E-state index in [1.165, 1.54) is 11.8 Å². The number of carboxylic acid groups (broad SMARTS) is 2. The van der Waals surface area contributed by atoms with E-state index < -0.39 is 66.9 Å². The number of carboxylic acids is 2. The molecule has 5 atom stereocenters. The molecule has 0 aliphatic heterocycles. The first-order chi connectivity index (χ1) is 14.5. The lowest BCUT2D eigenvalue weighted by Gasteiger charge is -2.25. The fourth-order valence-corrected chi connectivity index (χ4v) is 2.87. The highest BCUT2D eigenvalue weighted by molar-refractivity contribution is 7.98. The van der Waals surface area contributed by atoms with Crippen molar-refractivity contribution in [3.05, 3.63) is 0 Å². The Hall–Kier alpha value is -2.38. The lowest BCUT2D eigenvalue weighted by Crippen LogP contribution is -2.58. The summed E-state index contributed by atoms with van der Waals surface area (Å²) in [5.41, 5.74) is 5.89. The Morgan fingerprint density at radius 2 is 1.45 bits per heavy atom. The zero-order valence-corrected chi connectivity index (χ0v) is 18.6. The number of carbonyl (C=O) groups excluding carboxylic acids is 3. The molecule has 13 heteroatoms. The second-order valence-corrected chi connectivity index (χ2v) is 7.98. The van der Waals surface area contributed by atoms with Crippen molar-refractivity contribution in [1.29, 1.82) is 0 Å². The van der Waals surface area contributed by atoms with Crippen LogP contribution in [-0.4, -0.2) is 87.8 Å². The zero-order chi connectivity index (χ0) is 24.1. The van der Waals surface area contributed by atoms with Crippen molar-refractivity contribution in [2.45, 2.75) is 57.3 Å². The first-order valence-corrected chi connectivity index (χ1v) is 11.1. The van der Waals surface area contributed by atoms with Crippen LogP contribution in [0.3, 0.4) is 0 Å². The molecule has 12 nitrogen and oxygen atoms in total. The smallest absolute Gasteiger partial charge is 0.326 e. The summed E-state index contributed by atoms with van der Waals surface area (Å²) in [5.74, 6) is -5.02. The van der Waals surface area contributed by atoms with E-state index in [2.05, 4.69) is 10.6 Å². The van der Waals surface area contributed by atoms with Gasteiger partial charge in [0.1, 0.15) is 18.1 Å². The number of thioether (sulfide) groups is 1. The zero-order valence-electron chi connectivity index (χ0n) is 17.8. The lowest BCUT2D eigenvalue weighted by molar-refractivity contribution is -0.147. The quantitative estimate of drug-likeness (QED) is 0.143. The molecule has 0 aliphatic carbocycles. The summed E-state index contributed by atoms with van der Waals surface area (Å²) in [7, 11) is 0. The van der Waals surface area contributed by atoms with Gasteiger partial charge in [0, 0.05) is 0 Å². The maximum Gasteiger partial charge on any atom is 0.326 e. The van der Waals surface area contributed by atoms with Gasteiger partial charge in [-0.25, -0.2) is 4.79 Å². The van der Waals surface area contributed by atoms with Crippen LogP contribution in [0.5, 0.6) is 0 Å². The van der Waals surface area contributed by atoms with Gasteiger partial charge in [-0.3, -0.25) is 19.2 Å². The van der Waals surface area contributed by atoms with Crippen LogP contribution < -0.4 is 21.7 Å². The van der Waals surface area contributed by atoms with Crippen LogP contribution in [0, 0.1) is 5.92 Å². The summed E-state index contributed by atoms with van der Waals surface area (Å²) in [6, 6.07) is -5.15. The third-order valence-electron chi connectivity index (χ3n) is 4.61. The third-order valence-corrected chi connectivity index (χ3v) is 5.26. The second kappa shape index (κ2) is 14.6. The highest BCUT2D eigenvalue weighted by Gasteiger charge is 2.31. The Morgan fingerprint density at radius 1 is 0.935 bits per heavy atom. The molecule has 0 aliphatic rings. The summed E-state index contributed by atoms with van der Waals surface area (Å²) in [6.45, 7) is 2.80. The van der Waals surface area contributed by atoms with Gasteiger partial charge < -0.3 is 37.0 Å². The molecule has 3 amide bonds. The number of aliphatic carboxylic acids is 2. The van der Waals surface area contributed by atoms with Gasteiger partial charge in [0.05, 0.1) is 19.1 Å². The van der Waals surface area contributed by atoms with E-state index >= 15 is 0 Å². The van der Waals surface area contributed by atoms with Gasteiger partial charge >= 0.3 is 11.9 Å². The van der Waals surface area contributed by atoms with Gasteiger partial charge in [0.25, 0.3) is 0 Å². The number of hydrogen-bond donors (Lipinski definition) is 7. The van der Waals surface area contributed by atoms with Crippen molar-refractivity contribution < 1.29 is 39.3 Å². The molecule has 5 unspecified atom stereocenters. The summed E-state index contributed by atoms with van der Waals surface area (Å²) in [5, 5.41) is 34.0. The Kier molecular flexibility index (Phi) is 13.5. The minimum atomic E-state index is -1.74. The lowest BCUT2D eigenvalue weighted by atomic mass is 9.99. The van der Waals surface area contributed by atoms with E-state index in [-0.39, 0.29) is 12.3 Å². The summed E-state index contributed by atoms with van der Waals surface area (Å²) in [6.07, 6.45) is 1.81. The van der Waals surface area contributed by atoms with Gasteiger partial charge in [-0.15, -0.1) is 0 Å².